The van der Waals surface area contributed by atoms with E-state index in [1.807, 2.05) is 88.7 Å². The van der Waals surface area contributed by atoms with Crippen LogP contribution < -0.4 is 9.80 Å². The van der Waals surface area contributed by atoms with E-state index in [1.54, 1.807) is 19.0 Å². The second kappa shape index (κ2) is 32.7. The Hall–Kier alpha value is -6.90. The van der Waals surface area contributed by atoms with E-state index in [1.165, 1.54) is 124 Å². The first-order chi connectivity index (χ1) is 41.2. The molecule has 15 heteroatoms. The molecule has 3 aromatic heterocycles. The number of aryl methyl sites for hydroxylation is 1. The number of ketones is 1. The monoisotopic (exact) mass is 1180 g/mol. The minimum Gasteiger partial charge on any atom is -0.444 e. The molecule has 6 aromatic rings. The van der Waals surface area contributed by atoms with Crippen molar-refractivity contribution in [2.24, 2.45) is 17.8 Å². The third-order valence-corrected chi connectivity index (χ3v) is 16.5. The highest BCUT2D eigenvalue weighted by molar-refractivity contribution is 5.97. The van der Waals surface area contributed by atoms with Crippen molar-refractivity contribution in [2.45, 2.75) is 221 Å². The average Bonchev–Trinajstić information content (AvgIpc) is 2.95. The summed E-state index contributed by atoms with van der Waals surface area (Å²) in [5.74, 6) is 4.52. The molecule has 0 spiro atoms. The van der Waals surface area contributed by atoms with Crippen LogP contribution in [0.4, 0.5) is 21.2 Å². The molecule has 3 fully saturated rings. The van der Waals surface area contributed by atoms with Gasteiger partial charge in [0.2, 0.25) is 0 Å². The molecule has 3 aliphatic rings. The number of nitrogens with zero attached hydrogens (tertiary/aromatic N) is 10. The summed E-state index contributed by atoms with van der Waals surface area (Å²) in [6, 6.07) is 37.0. The molecule has 86 heavy (non-hydrogen) atoms. The molecule has 0 aliphatic heterocycles. The Bertz CT molecular complexity index is 2960. The van der Waals surface area contributed by atoms with Crippen molar-refractivity contribution < 1.29 is 23.9 Å². The molecule has 15 nitrogen and oxygen atoms in total. The molecule has 0 saturated heterocycles. The van der Waals surface area contributed by atoms with Gasteiger partial charge in [0.15, 0.2) is 5.78 Å². The molecule has 2 amide bonds. The predicted octanol–water partition coefficient (Wildman–Crippen LogP) is 15.8. The molecule has 3 saturated carbocycles. The van der Waals surface area contributed by atoms with Crippen molar-refractivity contribution in [1.82, 2.24) is 39.1 Å². The molecule has 0 bridgehead atoms. The molecule has 0 atom stereocenters. The summed E-state index contributed by atoms with van der Waals surface area (Å²) in [7, 11) is 7.78. The Labute approximate surface area is 515 Å². The van der Waals surface area contributed by atoms with Crippen LogP contribution in [0, 0.1) is 17.8 Å². The van der Waals surface area contributed by atoms with Gasteiger partial charge in [-0.1, -0.05) is 162 Å². The normalized spacial score (nSPS) is 15.2. The zero-order valence-corrected chi connectivity index (χ0v) is 54.3. The molecule has 0 unspecified atom stereocenters. The minimum absolute atomic E-state index is 0.0810. The first-order valence-corrected chi connectivity index (χ1v) is 32.3. The van der Waals surface area contributed by atoms with Gasteiger partial charge in [-0.15, -0.1) is 0 Å². The highest BCUT2D eigenvalue weighted by atomic mass is 16.6. The van der Waals surface area contributed by atoms with Crippen LogP contribution in [-0.2, 0) is 68.1 Å². The number of Topliss-reactive ketones (excluding diaryl/α,β-unsaturated/α-hetero) is 1. The van der Waals surface area contributed by atoms with Gasteiger partial charge in [0.1, 0.15) is 22.8 Å². The number of carbonyl (C=O) groups excluding carboxylic acids is 3. The zero-order valence-electron chi connectivity index (χ0n) is 54.3. The molecular weight excluding hydrogens is 1070 g/mol. The fourth-order valence-electron chi connectivity index (χ4n) is 12.1. The Morgan fingerprint density at radius 3 is 1.24 bits per heavy atom. The summed E-state index contributed by atoms with van der Waals surface area (Å²) >= 11 is 0. The van der Waals surface area contributed by atoms with Crippen molar-refractivity contribution in [2.75, 3.05) is 38.0 Å². The van der Waals surface area contributed by atoms with Crippen molar-refractivity contribution in [3.8, 4) is 0 Å². The summed E-state index contributed by atoms with van der Waals surface area (Å²) in [5.41, 5.74) is 6.09. The van der Waals surface area contributed by atoms with Crippen LogP contribution in [0.25, 0.3) is 0 Å². The molecule has 9 rings (SSSR count). The number of anilines is 2. The van der Waals surface area contributed by atoms with Crippen molar-refractivity contribution in [3.05, 3.63) is 149 Å². The van der Waals surface area contributed by atoms with E-state index in [0.29, 0.717) is 36.9 Å². The predicted molar refractivity (Wildman–Crippen MR) is 347 cm³/mol. The number of benzene rings is 3. The van der Waals surface area contributed by atoms with Gasteiger partial charge in [-0.25, -0.2) is 19.0 Å². The number of carbonyl (C=O) groups is 3. The van der Waals surface area contributed by atoms with Crippen LogP contribution in [-0.4, -0.2) is 96.5 Å². The second-order valence-corrected chi connectivity index (χ2v) is 26.7. The molecule has 468 valence electrons. The quantitative estimate of drug-likeness (QED) is 0.0641. The molecular formula is C71H104N10O5. The van der Waals surface area contributed by atoms with E-state index < -0.39 is 11.2 Å². The number of aromatic nitrogens is 6. The number of amides is 2. The fourth-order valence-corrected chi connectivity index (χ4v) is 12.1. The summed E-state index contributed by atoms with van der Waals surface area (Å²) in [4.78, 5) is 45.3. The zero-order chi connectivity index (χ0) is 61.6. The Morgan fingerprint density at radius 1 is 0.477 bits per heavy atom. The fraction of sp³-hybridized carbons (Fsp3) is 0.577. The lowest BCUT2D eigenvalue weighted by Gasteiger charge is -2.25. The van der Waals surface area contributed by atoms with Crippen LogP contribution in [0.5, 0.6) is 0 Å². The number of rotatable bonds is 21. The van der Waals surface area contributed by atoms with Crippen LogP contribution in [0.1, 0.15) is 195 Å². The van der Waals surface area contributed by atoms with E-state index in [0.717, 1.165) is 74.4 Å². The van der Waals surface area contributed by atoms with Crippen molar-refractivity contribution in [3.63, 3.8) is 0 Å². The highest BCUT2D eigenvalue weighted by Gasteiger charge is 2.26. The smallest absolute Gasteiger partial charge is 0.410 e. The van der Waals surface area contributed by atoms with Crippen LogP contribution >= 0.6 is 0 Å². The van der Waals surface area contributed by atoms with Crippen LogP contribution in [0.15, 0.2) is 109 Å². The number of hydrogen-bond donors (Lipinski definition) is 0. The maximum absolute atomic E-state index is 12.8. The maximum Gasteiger partial charge on any atom is 0.410 e. The Morgan fingerprint density at radius 2 is 0.837 bits per heavy atom. The van der Waals surface area contributed by atoms with E-state index in [2.05, 4.69) is 107 Å². The Balaban J connectivity index is 0.000000186. The largest absolute Gasteiger partial charge is 0.444 e. The summed E-state index contributed by atoms with van der Waals surface area (Å²) < 4.78 is 17.4. The van der Waals surface area contributed by atoms with Gasteiger partial charge >= 0.3 is 12.2 Å². The second-order valence-electron chi connectivity index (χ2n) is 26.7. The highest BCUT2D eigenvalue weighted by Crippen LogP contribution is 2.31. The van der Waals surface area contributed by atoms with E-state index >= 15 is 0 Å². The average molecular weight is 1180 g/mol. The topological polar surface area (TPSA) is 136 Å². The van der Waals surface area contributed by atoms with Gasteiger partial charge < -0.3 is 29.1 Å². The van der Waals surface area contributed by atoms with Gasteiger partial charge in [0.25, 0.3) is 0 Å². The lowest BCUT2D eigenvalue weighted by Crippen LogP contribution is -2.33. The van der Waals surface area contributed by atoms with Gasteiger partial charge in [0.05, 0.1) is 36.6 Å². The third-order valence-electron chi connectivity index (χ3n) is 16.5. The van der Waals surface area contributed by atoms with Crippen molar-refractivity contribution >= 4 is 29.6 Å². The lowest BCUT2D eigenvalue weighted by molar-refractivity contribution is 0.0273. The number of ether oxygens (including phenoxy) is 2. The first kappa shape index (κ1) is 66.6. The molecule has 3 aliphatic carbocycles. The van der Waals surface area contributed by atoms with Crippen LogP contribution in [0.3, 0.4) is 0 Å². The Kier molecular flexibility index (Phi) is 25.4. The van der Waals surface area contributed by atoms with Gasteiger partial charge in [-0.05, 0) is 121 Å². The minimum atomic E-state index is -0.543. The first-order valence-electron chi connectivity index (χ1n) is 32.3. The lowest BCUT2D eigenvalue weighted by atomic mass is 9.89. The van der Waals surface area contributed by atoms with Crippen LogP contribution in [0.2, 0.25) is 0 Å². The summed E-state index contributed by atoms with van der Waals surface area (Å²) in [5, 5.41) is 14.6. The van der Waals surface area contributed by atoms with Crippen molar-refractivity contribution in [1.29, 1.82) is 0 Å². The molecule has 3 heterocycles. The summed E-state index contributed by atoms with van der Waals surface area (Å²) in [6.07, 6.45) is 21.5. The molecule has 3 aromatic carbocycles. The van der Waals surface area contributed by atoms with E-state index in [9.17, 15) is 14.4 Å². The SMILES string of the molecule is CCCc1cc(N(C)Cc2ccccc2)n(CC2CCCCC2)n1.CN(Cc1cc(CC(=O)c2ccccc2)n(CC2CCCCC2)n1)C(=O)OC(C)(C)C.CN(Cc1cc(N(C)Cc2ccccc2)n(CC2CCCCC2)n1)C(=O)OC(C)(C)C. The molecule has 0 N–H and O–H groups in total. The maximum atomic E-state index is 12.8. The third kappa shape index (κ3) is 22.1. The van der Waals surface area contributed by atoms with Gasteiger partial charge in [-0.2, -0.15) is 15.3 Å². The van der Waals surface area contributed by atoms with Gasteiger partial charge in [0, 0.05) is 84.3 Å². The van der Waals surface area contributed by atoms with E-state index in [4.69, 9.17) is 24.8 Å². The summed E-state index contributed by atoms with van der Waals surface area (Å²) in [6.45, 7) is 18.8. The van der Waals surface area contributed by atoms with Gasteiger partial charge in [-0.3, -0.25) is 9.48 Å². The standard InChI is InChI=1S/C25H38N4O2.C25H35N3O3.C21H31N3/c1-25(2,3)31-24(30)28(5)19-22-16-23(27(4)17-20-12-8-6-9-13-20)29(26-22)18-21-14-10-7-11-15-21;1-25(2,3)31-24(30)27(4)18-21-15-22(16-23(29)20-13-9-6-10-14-20)28(26-21)17-19-11-7-5-8-12-19;1-3-10-20-15-21(23(2)16-18-11-6-4-7-12-18)24(22-20)17-19-13-8-5-9-14-19/h6,8-9,12-13,16,21H,7,10-11,14-15,17-19H2,1-5H3;6,9-10,13-15,19H,5,7-8,11-12,16-18H2,1-4H3;4,6-7,11-12,15,19H,3,5,8-10,13-14,16-17H2,1-2H3. The van der Waals surface area contributed by atoms with E-state index in [-0.39, 0.29) is 18.0 Å². The molecule has 0 radical (unpaired) electrons. The number of hydrogen-bond acceptors (Lipinski definition) is 10.